The molecule has 9 nitrogen and oxygen atoms in total. The van der Waals surface area contributed by atoms with Gasteiger partial charge in [0.1, 0.15) is 18.4 Å². The molecule has 2 heterocycles. The van der Waals surface area contributed by atoms with E-state index in [2.05, 4.69) is 36.9 Å². The summed E-state index contributed by atoms with van der Waals surface area (Å²) >= 11 is 11.2. The van der Waals surface area contributed by atoms with Crippen molar-refractivity contribution < 1.29 is 27.9 Å². The number of carbonyl (C=O) groups excluding carboxylic acids is 3. The molecule has 1 aliphatic heterocycles. The van der Waals surface area contributed by atoms with Gasteiger partial charge in [-0.05, 0) is 73.0 Å². The minimum atomic E-state index is -2.75. The van der Waals surface area contributed by atoms with Gasteiger partial charge >= 0.3 is 0 Å². The average molecular weight is 719 g/mol. The Kier molecular flexibility index (Phi) is 10.6. The lowest BCUT2D eigenvalue weighted by molar-refractivity contribution is -0.122. The second kappa shape index (κ2) is 14.8. The van der Waals surface area contributed by atoms with Crippen molar-refractivity contribution in [2.24, 2.45) is 0 Å². The van der Waals surface area contributed by atoms with Crippen LogP contribution in [0, 0.1) is 0 Å². The first-order valence-corrected chi connectivity index (χ1v) is 15.9. The standard InChI is InChI=1S/C31H27BrClF2N5O4S/c32-19-4-6-20(7-5-19)38-29(42)23-15-21(8-10-26(23)44-17-27(34)35)39-28(41)22-14-18(3-9-24(22)33)16-37-30(43)25-2-1-12-40(25)31-36-11-13-45-31/h3-11,13-15,25,27H,1-2,12,16-17H2,(H,37,43)(H,38,42)(H,39,41). The summed E-state index contributed by atoms with van der Waals surface area (Å²) in [5, 5.41) is 11.2. The molecule has 234 valence electrons. The second-order valence-corrected chi connectivity index (χ2v) is 12.2. The van der Waals surface area contributed by atoms with Crippen LogP contribution in [0.2, 0.25) is 5.02 Å². The Labute approximate surface area is 275 Å². The number of aromatic nitrogens is 1. The van der Waals surface area contributed by atoms with Crippen molar-refractivity contribution in [1.82, 2.24) is 10.3 Å². The lowest BCUT2D eigenvalue weighted by Crippen LogP contribution is -2.43. The van der Waals surface area contributed by atoms with E-state index in [-0.39, 0.29) is 46.1 Å². The van der Waals surface area contributed by atoms with Gasteiger partial charge in [0.25, 0.3) is 18.2 Å². The molecular weight excluding hydrogens is 692 g/mol. The largest absolute Gasteiger partial charge is 0.487 e. The number of nitrogens with one attached hydrogen (secondary N) is 3. The smallest absolute Gasteiger partial charge is 0.272 e. The third-order valence-corrected chi connectivity index (χ3v) is 8.58. The molecule has 3 N–H and O–H groups in total. The second-order valence-electron chi connectivity index (χ2n) is 10.0. The molecular formula is C31H27BrClF2N5O4S. The molecule has 3 amide bonds. The summed E-state index contributed by atoms with van der Waals surface area (Å²) in [4.78, 5) is 45.7. The van der Waals surface area contributed by atoms with Crippen LogP contribution < -0.4 is 25.6 Å². The van der Waals surface area contributed by atoms with Crippen LogP contribution in [-0.4, -0.2) is 48.3 Å². The summed E-state index contributed by atoms with van der Waals surface area (Å²) in [7, 11) is 0. The van der Waals surface area contributed by atoms with Crippen molar-refractivity contribution in [3.05, 3.63) is 98.4 Å². The fraction of sp³-hybridized carbons (Fsp3) is 0.226. The monoisotopic (exact) mass is 717 g/mol. The quantitative estimate of drug-likeness (QED) is 0.154. The Morgan fingerprint density at radius 3 is 2.49 bits per heavy atom. The van der Waals surface area contributed by atoms with Crippen molar-refractivity contribution in [1.29, 1.82) is 0 Å². The zero-order chi connectivity index (χ0) is 31.9. The maximum absolute atomic E-state index is 13.3. The molecule has 4 aromatic rings. The van der Waals surface area contributed by atoms with E-state index in [1.165, 1.54) is 29.5 Å². The number of anilines is 3. The van der Waals surface area contributed by atoms with Gasteiger partial charge in [0.2, 0.25) is 5.91 Å². The zero-order valence-corrected chi connectivity index (χ0v) is 26.7. The number of carbonyl (C=O) groups is 3. The summed E-state index contributed by atoms with van der Waals surface area (Å²) < 4.78 is 31.7. The molecule has 1 atom stereocenters. The van der Waals surface area contributed by atoms with E-state index >= 15 is 0 Å². The van der Waals surface area contributed by atoms with Crippen LogP contribution in [0.1, 0.15) is 39.1 Å². The Hall–Kier alpha value is -4.07. The topological polar surface area (TPSA) is 113 Å². The zero-order valence-electron chi connectivity index (χ0n) is 23.6. The fourth-order valence-electron chi connectivity index (χ4n) is 4.78. The van der Waals surface area contributed by atoms with Gasteiger partial charge in [-0.2, -0.15) is 0 Å². The van der Waals surface area contributed by atoms with Crippen LogP contribution in [0.4, 0.5) is 25.3 Å². The van der Waals surface area contributed by atoms with Gasteiger partial charge in [-0.3, -0.25) is 14.4 Å². The molecule has 3 aromatic carbocycles. The van der Waals surface area contributed by atoms with E-state index in [1.54, 1.807) is 48.7 Å². The van der Waals surface area contributed by atoms with Gasteiger partial charge in [-0.15, -0.1) is 11.3 Å². The minimum Gasteiger partial charge on any atom is -0.487 e. The molecule has 5 rings (SSSR count). The minimum absolute atomic E-state index is 0.0577. The van der Waals surface area contributed by atoms with Gasteiger partial charge in [-0.1, -0.05) is 33.6 Å². The number of benzene rings is 3. The molecule has 45 heavy (non-hydrogen) atoms. The summed E-state index contributed by atoms with van der Waals surface area (Å²) in [5.74, 6) is -1.40. The first kappa shape index (κ1) is 32.3. The Morgan fingerprint density at radius 1 is 1.02 bits per heavy atom. The van der Waals surface area contributed by atoms with Crippen molar-refractivity contribution in [3.8, 4) is 5.75 Å². The molecule has 0 spiro atoms. The number of ether oxygens (including phenoxy) is 1. The Balaban J connectivity index is 1.28. The molecule has 1 saturated heterocycles. The number of rotatable bonds is 11. The molecule has 1 aromatic heterocycles. The van der Waals surface area contributed by atoms with Crippen LogP contribution in [-0.2, 0) is 11.3 Å². The molecule has 0 saturated carbocycles. The van der Waals surface area contributed by atoms with Crippen LogP contribution in [0.15, 0.2) is 76.7 Å². The number of alkyl halides is 2. The highest BCUT2D eigenvalue weighted by Crippen LogP contribution is 2.29. The fourth-order valence-corrected chi connectivity index (χ4v) is 5.97. The molecule has 14 heteroatoms. The van der Waals surface area contributed by atoms with Crippen LogP contribution >= 0.6 is 38.9 Å². The Morgan fingerprint density at radius 2 is 1.76 bits per heavy atom. The SMILES string of the molecule is O=C(Nc1ccc(OCC(F)F)c(C(=O)Nc2ccc(Br)cc2)c1)c1cc(CNC(=O)C2CCCN2c2nccs2)ccc1Cl. The van der Waals surface area contributed by atoms with Crippen LogP contribution in [0.25, 0.3) is 0 Å². The number of halogens is 4. The number of hydrogen-bond donors (Lipinski definition) is 3. The summed E-state index contributed by atoms with van der Waals surface area (Å²) in [6.07, 6.45) is 0.564. The van der Waals surface area contributed by atoms with Crippen molar-refractivity contribution >= 4 is 73.1 Å². The van der Waals surface area contributed by atoms with Gasteiger partial charge < -0.3 is 25.6 Å². The third-order valence-electron chi connectivity index (χ3n) is 6.91. The van der Waals surface area contributed by atoms with E-state index in [1.807, 2.05) is 10.3 Å². The number of thiazole rings is 1. The highest BCUT2D eigenvalue weighted by Gasteiger charge is 2.32. The van der Waals surface area contributed by atoms with Gasteiger partial charge in [0.05, 0.1) is 16.1 Å². The maximum Gasteiger partial charge on any atom is 0.272 e. The predicted molar refractivity (Wildman–Crippen MR) is 174 cm³/mol. The van der Waals surface area contributed by atoms with Crippen LogP contribution in [0.5, 0.6) is 5.75 Å². The van der Waals surface area contributed by atoms with E-state index in [9.17, 15) is 23.2 Å². The molecule has 0 bridgehead atoms. The molecule has 1 unspecified atom stereocenters. The van der Waals surface area contributed by atoms with Gasteiger partial charge in [-0.25, -0.2) is 13.8 Å². The number of hydrogen-bond acceptors (Lipinski definition) is 7. The third kappa shape index (κ3) is 8.35. The lowest BCUT2D eigenvalue weighted by atomic mass is 10.1. The number of nitrogens with zero attached hydrogens (tertiary/aromatic N) is 2. The molecule has 1 aliphatic rings. The first-order chi connectivity index (χ1) is 21.7. The van der Waals surface area contributed by atoms with Crippen molar-refractivity contribution in [2.75, 3.05) is 28.7 Å². The average Bonchev–Trinajstić information content (AvgIpc) is 3.73. The number of amides is 3. The van der Waals surface area contributed by atoms with Crippen molar-refractivity contribution in [2.45, 2.75) is 31.9 Å². The van der Waals surface area contributed by atoms with Gasteiger partial charge in [0.15, 0.2) is 5.13 Å². The van der Waals surface area contributed by atoms with Crippen molar-refractivity contribution in [3.63, 3.8) is 0 Å². The van der Waals surface area contributed by atoms with Gasteiger partial charge in [0, 0.05) is 40.5 Å². The van der Waals surface area contributed by atoms with E-state index < -0.39 is 24.8 Å². The molecule has 0 radical (unpaired) electrons. The van der Waals surface area contributed by atoms with Crippen LogP contribution in [0.3, 0.4) is 0 Å². The summed E-state index contributed by atoms with van der Waals surface area (Å²) in [6.45, 7) is 0.0196. The van der Waals surface area contributed by atoms with E-state index in [4.69, 9.17) is 16.3 Å². The van der Waals surface area contributed by atoms with E-state index in [0.717, 1.165) is 29.0 Å². The summed E-state index contributed by atoms with van der Waals surface area (Å²) in [5.41, 5.74) is 1.42. The lowest BCUT2D eigenvalue weighted by Gasteiger charge is -2.23. The maximum atomic E-state index is 13.3. The molecule has 0 aliphatic carbocycles. The highest BCUT2D eigenvalue weighted by atomic mass is 79.9. The summed E-state index contributed by atoms with van der Waals surface area (Å²) in [6, 6.07) is 15.4. The Bertz CT molecular complexity index is 1680. The van der Waals surface area contributed by atoms with E-state index in [0.29, 0.717) is 11.3 Å². The normalized spacial score (nSPS) is 14.3. The molecule has 1 fully saturated rings. The first-order valence-electron chi connectivity index (χ1n) is 13.8. The highest BCUT2D eigenvalue weighted by molar-refractivity contribution is 9.10. The predicted octanol–water partition coefficient (Wildman–Crippen LogP) is 6.99.